The number of hydrogen-bond donors (Lipinski definition) is 2. The molecule has 0 amide bonds. The Kier molecular flexibility index (Phi) is 5.67. The van der Waals surface area contributed by atoms with Gasteiger partial charge in [-0.3, -0.25) is 0 Å². The van der Waals surface area contributed by atoms with Crippen LogP contribution in [0.25, 0.3) is 0 Å². The summed E-state index contributed by atoms with van der Waals surface area (Å²) < 4.78 is 0. The number of aliphatic hydroxyl groups excluding tert-OH is 1. The molecule has 0 radical (unpaired) electrons. The second-order valence-corrected chi connectivity index (χ2v) is 5.45. The number of benzene rings is 1. The Labute approximate surface area is 116 Å². The molecule has 1 aliphatic heterocycles. The van der Waals surface area contributed by atoms with Gasteiger partial charge in [0.2, 0.25) is 0 Å². The number of aliphatic hydroxyl groups is 1. The number of para-hydroxylation sites is 1. The summed E-state index contributed by atoms with van der Waals surface area (Å²) in [6.07, 6.45) is 4.09. The van der Waals surface area contributed by atoms with Crippen LogP contribution in [-0.4, -0.2) is 36.9 Å². The SMILES string of the molecule is CCCC(O)CNC1CCN(c2ccccc2)CC1. The van der Waals surface area contributed by atoms with Crippen LogP contribution >= 0.6 is 0 Å². The molecule has 19 heavy (non-hydrogen) atoms. The molecule has 3 nitrogen and oxygen atoms in total. The molecule has 1 aromatic carbocycles. The van der Waals surface area contributed by atoms with Gasteiger partial charge in [0.15, 0.2) is 0 Å². The summed E-state index contributed by atoms with van der Waals surface area (Å²) in [4.78, 5) is 2.45. The summed E-state index contributed by atoms with van der Waals surface area (Å²) in [6.45, 7) is 5.06. The highest BCUT2D eigenvalue weighted by Crippen LogP contribution is 2.19. The maximum atomic E-state index is 9.74. The maximum absolute atomic E-state index is 9.74. The smallest absolute Gasteiger partial charge is 0.0664 e. The van der Waals surface area contributed by atoms with E-state index in [-0.39, 0.29) is 6.10 Å². The van der Waals surface area contributed by atoms with Gasteiger partial charge in [0.05, 0.1) is 6.10 Å². The fraction of sp³-hybridized carbons (Fsp3) is 0.625. The Morgan fingerprint density at radius 1 is 1.26 bits per heavy atom. The first kappa shape index (κ1) is 14.4. The van der Waals surface area contributed by atoms with Crippen molar-refractivity contribution in [3.05, 3.63) is 30.3 Å². The summed E-state index contributed by atoms with van der Waals surface area (Å²) in [7, 11) is 0. The van der Waals surface area contributed by atoms with Crippen molar-refractivity contribution < 1.29 is 5.11 Å². The van der Waals surface area contributed by atoms with Gasteiger partial charge in [0, 0.05) is 31.4 Å². The lowest BCUT2D eigenvalue weighted by atomic mass is 10.0. The highest BCUT2D eigenvalue weighted by Gasteiger charge is 2.19. The monoisotopic (exact) mass is 262 g/mol. The van der Waals surface area contributed by atoms with Gasteiger partial charge in [0.25, 0.3) is 0 Å². The first-order chi connectivity index (χ1) is 9.29. The van der Waals surface area contributed by atoms with Crippen LogP contribution in [0.2, 0.25) is 0 Å². The lowest BCUT2D eigenvalue weighted by molar-refractivity contribution is 0.154. The number of hydrogen-bond acceptors (Lipinski definition) is 3. The Bertz CT molecular complexity index is 347. The molecule has 0 aliphatic carbocycles. The van der Waals surface area contributed by atoms with Gasteiger partial charge in [-0.2, -0.15) is 0 Å². The maximum Gasteiger partial charge on any atom is 0.0664 e. The van der Waals surface area contributed by atoms with Crippen molar-refractivity contribution in [2.24, 2.45) is 0 Å². The molecule has 0 bridgehead atoms. The topological polar surface area (TPSA) is 35.5 Å². The summed E-state index contributed by atoms with van der Waals surface area (Å²) in [6, 6.07) is 11.2. The van der Waals surface area contributed by atoms with Gasteiger partial charge >= 0.3 is 0 Å². The Balaban J connectivity index is 1.71. The zero-order valence-corrected chi connectivity index (χ0v) is 11.9. The molecule has 1 aromatic rings. The summed E-state index contributed by atoms with van der Waals surface area (Å²) >= 11 is 0. The van der Waals surface area contributed by atoms with Crippen LogP contribution in [0, 0.1) is 0 Å². The van der Waals surface area contributed by atoms with E-state index in [4.69, 9.17) is 0 Å². The molecule has 0 spiro atoms. The van der Waals surface area contributed by atoms with Gasteiger partial charge in [-0.1, -0.05) is 31.5 Å². The largest absolute Gasteiger partial charge is 0.392 e. The van der Waals surface area contributed by atoms with Gasteiger partial charge in [-0.25, -0.2) is 0 Å². The van der Waals surface area contributed by atoms with E-state index >= 15 is 0 Å². The minimum atomic E-state index is -0.183. The van der Waals surface area contributed by atoms with Crippen molar-refractivity contribution in [1.82, 2.24) is 5.32 Å². The minimum Gasteiger partial charge on any atom is -0.392 e. The highest BCUT2D eigenvalue weighted by molar-refractivity contribution is 5.46. The van der Waals surface area contributed by atoms with E-state index in [1.165, 1.54) is 5.69 Å². The van der Waals surface area contributed by atoms with Crippen LogP contribution in [0.3, 0.4) is 0 Å². The predicted octanol–water partition coefficient (Wildman–Crippen LogP) is 2.41. The van der Waals surface area contributed by atoms with Crippen LogP contribution in [0.1, 0.15) is 32.6 Å². The Morgan fingerprint density at radius 3 is 2.58 bits per heavy atom. The molecule has 1 atom stereocenters. The highest BCUT2D eigenvalue weighted by atomic mass is 16.3. The Hall–Kier alpha value is -1.06. The summed E-state index contributed by atoms with van der Waals surface area (Å²) in [5.74, 6) is 0. The molecular formula is C16H26N2O. The molecule has 1 aliphatic rings. The third-order valence-electron chi connectivity index (χ3n) is 3.88. The van der Waals surface area contributed by atoms with Crippen molar-refractivity contribution in [2.45, 2.75) is 44.8 Å². The molecule has 1 unspecified atom stereocenters. The number of rotatable bonds is 6. The van der Waals surface area contributed by atoms with Crippen molar-refractivity contribution in [3.63, 3.8) is 0 Å². The van der Waals surface area contributed by atoms with Crippen molar-refractivity contribution in [2.75, 3.05) is 24.5 Å². The first-order valence-corrected chi connectivity index (χ1v) is 7.51. The number of nitrogens with one attached hydrogen (secondary N) is 1. The van der Waals surface area contributed by atoms with Gasteiger partial charge < -0.3 is 15.3 Å². The minimum absolute atomic E-state index is 0.183. The lowest BCUT2D eigenvalue weighted by Gasteiger charge is -2.34. The summed E-state index contributed by atoms with van der Waals surface area (Å²) in [5, 5.41) is 13.2. The molecule has 106 valence electrons. The van der Waals surface area contributed by atoms with Crippen molar-refractivity contribution >= 4 is 5.69 Å². The first-order valence-electron chi connectivity index (χ1n) is 7.51. The van der Waals surface area contributed by atoms with Crippen LogP contribution in [-0.2, 0) is 0 Å². The third kappa shape index (κ3) is 4.51. The average Bonchev–Trinajstić information content (AvgIpc) is 2.47. The van der Waals surface area contributed by atoms with Gasteiger partial charge in [0.1, 0.15) is 0 Å². The number of nitrogens with zero attached hydrogens (tertiary/aromatic N) is 1. The molecule has 0 aromatic heterocycles. The molecule has 2 rings (SSSR count). The summed E-state index contributed by atoms with van der Waals surface area (Å²) in [5.41, 5.74) is 1.33. The van der Waals surface area contributed by atoms with Crippen LogP contribution < -0.4 is 10.2 Å². The normalized spacial score (nSPS) is 18.5. The zero-order chi connectivity index (χ0) is 13.5. The van der Waals surface area contributed by atoms with Gasteiger partial charge in [-0.05, 0) is 31.4 Å². The quantitative estimate of drug-likeness (QED) is 0.826. The molecular weight excluding hydrogens is 236 g/mol. The zero-order valence-electron chi connectivity index (χ0n) is 11.9. The van der Waals surface area contributed by atoms with Gasteiger partial charge in [-0.15, -0.1) is 0 Å². The molecule has 1 saturated heterocycles. The predicted molar refractivity (Wildman–Crippen MR) is 80.6 cm³/mol. The van der Waals surface area contributed by atoms with Crippen LogP contribution in [0.15, 0.2) is 30.3 Å². The van der Waals surface area contributed by atoms with E-state index in [1.54, 1.807) is 0 Å². The molecule has 1 fully saturated rings. The molecule has 0 saturated carbocycles. The standard InChI is InChI=1S/C16H26N2O/c1-2-6-16(19)13-17-14-9-11-18(12-10-14)15-7-4-3-5-8-15/h3-5,7-8,14,16-17,19H,2,6,9-13H2,1H3. The Morgan fingerprint density at radius 2 is 1.95 bits per heavy atom. The number of anilines is 1. The van der Waals surface area contributed by atoms with E-state index in [9.17, 15) is 5.11 Å². The van der Waals surface area contributed by atoms with E-state index < -0.39 is 0 Å². The van der Waals surface area contributed by atoms with E-state index in [0.29, 0.717) is 6.04 Å². The van der Waals surface area contributed by atoms with Crippen LogP contribution in [0.5, 0.6) is 0 Å². The van der Waals surface area contributed by atoms with Crippen molar-refractivity contribution in [1.29, 1.82) is 0 Å². The fourth-order valence-electron chi connectivity index (χ4n) is 2.72. The van der Waals surface area contributed by atoms with Crippen molar-refractivity contribution in [3.8, 4) is 0 Å². The van der Waals surface area contributed by atoms with Crippen LogP contribution in [0.4, 0.5) is 5.69 Å². The lowest BCUT2D eigenvalue weighted by Crippen LogP contribution is -2.44. The van der Waals surface area contributed by atoms with E-state index in [2.05, 4.69) is 47.5 Å². The fourth-order valence-corrected chi connectivity index (χ4v) is 2.72. The van der Waals surface area contributed by atoms with E-state index in [0.717, 1.165) is 45.3 Å². The average molecular weight is 262 g/mol. The second kappa shape index (κ2) is 7.51. The molecule has 3 heteroatoms. The van der Waals surface area contributed by atoms with E-state index in [1.807, 2.05) is 0 Å². The second-order valence-electron chi connectivity index (χ2n) is 5.45. The molecule has 2 N–H and O–H groups in total. The number of piperidine rings is 1. The molecule has 1 heterocycles. The third-order valence-corrected chi connectivity index (χ3v) is 3.88.